The molecule has 0 saturated carbocycles. The molecule has 2 amide bonds. The van der Waals surface area contributed by atoms with Gasteiger partial charge in [0.25, 0.3) is 0 Å². The molecule has 1 heterocycles. The van der Waals surface area contributed by atoms with Crippen molar-refractivity contribution in [3.63, 3.8) is 0 Å². The maximum absolute atomic E-state index is 11.7. The number of carbonyl (C=O) groups excluding carboxylic acids is 1. The van der Waals surface area contributed by atoms with Crippen LogP contribution < -0.4 is 10.6 Å². The van der Waals surface area contributed by atoms with Crippen molar-refractivity contribution in [2.24, 2.45) is 7.05 Å². The number of nitrogens with zero attached hydrogens (tertiary/aromatic N) is 3. The van der Waals surface area contributed by atoms with Gasteiger partial charge in [-0.25, -0.2) is 4.79 Å². The summed E-state index contributed by atoms with van der Waals surface area (Å²) in [6.45, 7) is 4.02. The Balaban J connectivity index is 2.29. The summed E-state index contributed by atoms with van der Waals surface area (Å²) < 4.78 is 1.79. The second-order valence-corrected chi connectivity index (χ2v) is 5.27. The van der Waals surface area contributed by atoms with Gasteiger partial charge in [0.2, 0.25) is 0 Å². The van der Waals surface area contributed by atoms with Crippen molar-refractivity contribution < 1.29 is 14.7 Å². The third-order valence-corrected chi connectivity index (χ3v) is 2.86. The van der Waals surface area contributed by atoms with Crippen LogP contribution in [0.4, 0.5) is 4.79 Å². The van der Waals surface area contributed by atoms with Crippen molar-refractivity contribution >= 4 is 12.0 Å². The van der Waals surface area contributed by atoms with Crippen LogP contribution in [0.1, 0.15) is 32.5 Å². The zero-order valence-electron chi connectivity index (χ0n) is 12.0. The maximum atomic E-state index is 11.7. The van der Waals surface area contributed by atoms with E-state index < -0.39 is 11.5 Å². The molecule has 8 heteroatoms. The lowest BCUT2D eigenvalue weighted by Gasteiger charge is -2.25. The number of carboxylic acids is 1. The lowest BCUT2D eigenvalue weighted by atomic mass is 9.99. The summed E-state index contributed by atoms with van der Waals surface area (Å²) in [5.74, 6) is -0.0852. The largest absolute Gasteiger partial charge is 0.481 e. The molecule has 0 unspecified atom stereocenters. The van der Waals surface area contributed by atoms with Gasteiger partial charge in [-0.2, -0.15) is 0 Å². The first-order valence-electron chi connectivity index (χ1n) is 6.41. The molecule has 0 saturated heterocycles. The number of carboxylic acid groups (broad SMARTS) is 1. The van der Waals surface area contributed by atoms with Gasteiger partial charge in [-0.15, -0.1) is 10.2 Å². The standard InChI is InChI=1S/C12H21N5O3/c1-12(2,6-4-10(18)19)15-11(20)13-7-5-9-16-14-8-17(9)3/h8H,4-7H2,1-3H3,(H,18,19)(H2,13,15,20). The van der Waals surface area contributed by atoms with Crippen LogP contribution in [0.25, 0.3) is 0 Å². The van der Waals surface area contributed by atoms with Crippen LogP contribution in [0.2, 0.25) is 0 Å². The second kappa shape index (κ2) is 6.88. The molecule has 1 aromatic rings. The molecule has 0 aliphatic heterocycles. The van der Waals surface area contributed by atoms with E-state index in [1.807, 2.05) is 7.05 Å². The predicted molar refractivity (Wildman–Crippen MR) is 72.2 cm³/mol. The monoisotopic (exact) mass is 283 g/mol. The average Bonchev–Trinajstić information content (AvgIpc) is 2.72. The Hall–Kier alpha value is -2.12. The first kappa shape index (κ1) is 15.9. The number of aromatic nitrogens is 3. The van der Waals surface area contributed by atoms with E-state index in [1.165, 1.54) is 0 Å². The number of amides is 2. The Kier molecular flexibility index (Phi) is 5.48. The molecule has 0 aliphatic carbocycles. The summed E-state index contributed by atoms with van der Waals surface area (Å²) in [4.78, 5) is 22.2. The van der Waals surface area contributed by atoms with Gasteiger partial charge in [0.1, 0.15) is 12.2 Å². The van der Waals surface area contributed by atoms with Crippen molar-refractivity contribution in [1.29, 1.82) is 0 Å². The molecule has 20 heavy (non-hydrogen) atoms. The van der Waals surface area contributed by atoms with Crippen molar-refractivity contribution in [1.82, 2.24) is 25.4 Å². The molecule has 8 nitrogen and oxygen atoms in total. The van der Waals surface area contributed by atoms with Crippen molar-refractivity contribution in [2.75, 3.05) is 6.54 Å². The molecule has 112 valence electrons. The summed E-state index contributed by atoms with van der Waals surface area (Å²) in [5, 5.41) is 21.8. The van der Waals surface area contributed by atoms with E-state index in [1.54, 1.807) is 24.7 Å². The Morgan fingerprint density at radius 1 is 1.45 bits per heavy atom. The molecular formula is C12H21N5O3. The molecule has 0 spiro atoms. The second-order valence-electron chi connectivity index (χ2n) is 5.27. The number of carbonyl (C=O) groups is 2. The molecule has 0 fully saturated rings. The number of aryl methyl sites for hydroxylation is 1. The number of aliphatic carboxylic acids is 1. The van der Waals surface area contributed by atoms with E-state index in [9.17, 15) is 9.59 Å². The van der Waals surface area contributed by atoms with Crippen LogP contribution in [-0.2, 0) is 18.3 Å². The molecule has 0 radical (unpaired) electrons. The Morgan fingerprint density at radius 2 is 2.15 bits per heavy atom. The Bertz CT molecular complexity index is 469. The normalized spacial score (nSPS) is 11.2. The minimum atomic E-state index is -0.873. The van der Waals surface area contributed by atoms with Gasteiger partial charge in [-0.3, -0.25) is 4.79 Å². The number of rotatable bonds is 7. The van der Waals surface area contributed by atoms with Gasteiger partial charge in [-0.05, 0) is 20.3 Å². The third-order valence-electron chi connectivity index (χ3n) is 2.86. The fourth-order valence-electron chi connectivity index (χ4n) is 1.65. The highest BCUT2D eigenvalue weighted by atomic mass is 16.4. The summed E-state index contributed by atoms with van der Waals surface area (Å²) in [7, 11) is 1.84. The summed E-state index contributed by atoms with van der Waals surface area (Å²) in [6, 6.07) is -0.317. The molecule has 0 aromatic carbocycles. The van der Waals surface area contributed by atoms with Crippen LogP contribution >= 0.6 is 0 Å². The van der Waals surface area contributed by atoms with E-state index in [0.717, 1.165) is 5.82 Å². The van der Waals surface area contributed by atoms with Gasteiger partial charge in [0, 0.05) is 32.0 Å². The van der Waals surface area contributed by atoms with E-state index in [0.29, 0.717) is 19.4 Å². The molecular weight excluding hydrogens is 262 g/mol. The molecule has 0 atom stereocenters. The van der Waals surface area contributed by atoms with Crippen LogP contribution in [0, 0.1) is 0 Å². The quantitative estimate of drug-likeness (QED) is 0.667. The first-order valence-corrected chi connectivity index (χ1v) is 6.41. The molecule has 0 aliphatic rings. The van der Waals surface area contributed by atoms with E-state index >= 15 is 0 Å². The van der Waals surface area contributed by atoms with Crippen molar-refractivity contribution in [3.05, 3.63) is 12.2 Å². The summed E-state index contributed by atoms with van der Waals surface area (Å²) in [6.07, 6.45) is 2.58. The van der Waals surface area contributed by atoms with E-state index in [2.05, 4.69) is 20.8 Å². The Labute approximate surface area is 117 Å². The topological polar surface area (TPSA) is 109 Å². The molecule has 1 rings (SSSR count). The van der Waals surface area contributed by atoms with Gasteiger partial charge < -0.3 is 20.3 Å². The molecule has 3 N–H and O–H groups in total. The van der Waals surface area contributed by atoms with Crippen LogP contribution in [0.5, 0.6) is 0 Å². The number of hydrogen-bond donors (Lipinski definition) is 3. The first-order chi connectivity index (χ1) is 9.30. The molecule has 0 bridgehead atoms. The summed E-state index contributed by atoms with van der Waals surface area (Å²) >= 11 is 0. The van der Waals surface area contributed by atoms with Crippen LogP contribution in [0.15, 0.2) is 6.33 Å². The molecule has 1 aromatic heterocycles. The van der Waals surface area contributed by atoms with Crippen LogP contribution in [-0.4, -0.2) is 44.0 Å². The lowest BCUT2D eigenvalue weighted by molar-refractivity contribution is -0.137. The minimum Gasteiger partial charge on any atom is -0.481 e. The average molecular weight is 283 g/mol. The smallest absolute Gasteiger partial charge is 0.315 e. The van der Waals surface area contributed by atoms with Crippen molar-refractivity contribution in [3.8, 4) is 0 Å². The van der Waals surface area contributed by atoms with Gasteiger partial charge in [0.05, 0.1) is 0 Å². The van der Waals surface area contributed by atoms with E-state index in [-0.39, 0.29) is 12.5 Å². The van der Waals surface area contributed by atoms with E-state index in [4.69, 9.17) is 5.11 Å². The number of hydrogen-bond acceptors (Lipinski definition) is 4. The van der Waals surface area contributed by atoms with Crippen molar-refractivity contribution in [2.45, 2.75) is 38.6 Å². The van der Waals surface area contributed by atoms with Gasteiger partial charge >= 0.3 is 12.0 Å². The zero-order chi connectivity index (χ0) is 15.2. The minimum absolute atomic E-state index is 0.0201. The Morgan fingerprint density at radius 3 is 2.70 bits per heavy atom. The number of nitrogens with one attached hydrogen (secondary N) is 2. The third kappa shape index (κ3) is 5.68. The lowest BCUT2D eigenvalue weighted by Crippen LogP contribution is -2.49. The highest BCUT2D eigenvalue weighted by Crippen LogP contribution is 2.10. The fourth-order valence-corrected chi connectivity index (χ4v) is 1.65. The SMILES string of the molecule is Cn1cnnc1CCNC(=O)NC(C)(C)CCC(=O)O. The summed E-state index contributed by atoms with van der Waals surface area (Å²) in [5.41, 5.74) is -0.562. The fraction of sp³-hybridized carbons (Fsp3) is 0.667. The zero-order valence-corrected chi connectivity index (χ0v) is 12.0. The van der Waals surface area contributed by atoms with Gasteiger partial charge in [0.15, 0.2) is 0 Å². The predicted octanol–water partition coefficient (Wildman–Crippen LogP) is 0.300. The highest BCUT2D eigenvalue weighted by Gasteiger charge is 2.21. The number of urea groups is 1. The van der Waals surface area contributed by atoms with Crippen LogP contribution in [0.3, 0.4) is 0 Å². The van der Waals surface area contributed by atoms with Gasteiger partial charge in [-0.1, -0.05) is 0 Å². The maximum Gasteiger partial charge on any atom is 0.315 e. The highest BCUT2D eigenvalue weighted by molar-refractivity contribution is 5.74.